The summed E-state index contributed by atoms with van der Waals surface area (Å²) in [6, 6.07) is 51.6. The average molecular weight is 521 g/mol. The Balaban J connectivity index is 1.19. The Morgan fingerprint density at radius 2 is 1.07 bits per heavy atom. The molecule has 0 unspecified atom stereocenters. The van der Waals surface area contributed by atoms with E-state index in [1.165, 1.54) is 59.8 Å². The van der Waals surface area contributed by atoms with Crippen LogP contribution in [-0.2, 0) is 0 Å². The van der Waals surface area contributed by atoms with E-state index in [4.69, 9.17) is 0 Å². The second-order valence-electron chi connectivity index (χ2n) is 10.6. The van der Waals surface area contributed by atoms with E-state index in [0.717, 1.165) is 16.9 Å². The van der Waals surface area contributed by atoms with E-state index in [-0.39, 0.29) is 0 Å². The predicted octanol–water partition coefficient (Wildman–Crippen LogP) is 10.7. The Morgan fingerprint density at radius 3 is 1.85 bits per heavy atom. The summed E-state index contributed by atoms with van der Waals surface area (Å²) in [6.45, 7) is 0. The maximum atomic E-state index is 9.23. The molecule has 0 fully saturated rings. The van der Waals surface area contributed by atoms with Gasteiger partial charge < -0.3 is 5.32 Å². The number of anilines is 2. The van der Waals surface area contributed by atoms with Gasteiger partial charge in [0.25, 0.3) is 0 Å². The zero-order valence-corrected chi connectivity index (χ0v) is 22.2. The SMILES string of the molecule is N#Cc1ccc(-c2ccc3ccc4c(Nc5ccc(-c6ccc7ccccc7c6)cc5)ccc5ccc2c3c54)cc1. The molecule has 8 aromatic carbocycles. The van der Waals surface area contributed by atoms with Gasteiger partial charge in [-0.05, 0) is 96.4 Å². The lowest BCUT2D eigenvalue weighted by atomic mass is 9.89. The number of nitrogens with zero attached hydrogens (tertiary/aromatic N) is 1. The molecule has 190 valence electrons. The molecule has 2 nitrogen and oxygen atoms in total. The van der Waals surface area contributed by atoms with Crippen molar-refractivity contribution in [2.75, 3.05) is 5.32 Å². The third-order valence-corrected chi connectivity index (χ3v) is 8.24. The van der Waals surface area contributed by atoms with Crippen LogP contribution in [0.2, 0.25) is 0 Å². The predicted molar refractivity (Wildman–Crippen MR) is 173 cm³/mol. The molecule has 0 bridgehead atoms. The highest BCUT2D eigenvalue weighted by atomic mass is 14.9. The molecule has 0 aromatic heterocycles. The summed E-state index contributed by atoms with van der Waals surface area (Å²) in [6.07, 6.45) is 0. The minimum absolute atomic E-state index is 0.674. The first kappa shape index (κ1) is 23.3. The Bertz CT molecular complexity index is 2270. The summed E-state index contributed by atoms with van der Waals surface area (Å²) in [5, 5.41) is 22.9. The van der Waals surface area contributed by atoms with Crippen LogP contribution < -0.4 is 5.32 Å². The molecule has 0 atom stereocenters. The third kappa shape index (κ3) is 3.87. The van der Waals surface area contributed by atoms with Crippen molar-refractivity contribution in [3.05, 3.63) is 145 Å². The van der Waals surface area contributed by atoms with E-state index in [0.29, 0.717) is 5.56 Å². The molecule has 0 aliphatic heterocycles. The summed E-state index contributed by atoms with van der Waals surface area (Å²) >= 11 is 0. The van der Waals surface area contributed by atoms with Crippen molar-refractivity contribution in [3.63, 3.8) is 0 Å². The third-order valence-electron chi connectivity index (χ3n) is 8.24. The smallest absolute Gasteiger partial charge is 0.0991 e. The Kier molecular flexibility index (Phi) is 5.23. The lowest BCUT2D eigenvalue weighted by molar-refractivity contribution is 1.48. The number of nitrogens with one attached hydrogen (secondary N) is 1. The van der Waals surface area contributed by atoms with Gasteiger partial charge in [0.05, 0.1) is 11.6 Å². The fourth-order valence-corrected chi connectivity index (χ4v) is 6.16. The molecule has 0 saturated heterocycles. The number of rotatable bonds is 4. The first-order valence-corrected chi connectivity index (χ1v) is 13.8. The van der Waals surface area contributed by atoms with Crippen molar-refractivity contribution in [2.24, 2.45) is 0 Å². The number of hydrogen-bond donors (Lipinski definition) is 1. The van der Waals surface area contributed by atoms with Crippen molar-refractivity contribution in [2.45, 2.75) is 0 Å². The number of nitriles is 1. The van der Waals surface area contributed by atoms with Gasteiger partial charge in [0.1, 0.15) is 0 Å². The second kappa shape index (κ2) is 9.23. The van der Waals surface area contributed by atoms with Crippen molar-refractivity contribution in [1.82, 2.24) is 0 Å². The highest BCUT2D eigenvalue weighted by Gasteiger charge is 2.14. The molecule has 2 heteroatoms. The van der Waals surface area contributed by atoms with Crippen LogP contribution in [0.5, 0.6) is 0 Å². The van der Waals surface area contributed by atoms with Crippen LogP contribution in [0.3, 0.4) is 0 Å². The maximum absolute atomic E-state index is 9.23. The topological polar surface area (TPSA) is 35.8 Å². The van der Waals surface area contributed by atoms with Gasteiger partial charge in [0, 0.05) is 16.8 Å². The van der Waals surface area contributed by atoms with Crippen molar-refractivity contribution in [1.29, 1.82) is 5.26 Å². The van der Waals surface area contributed by atoms with E-state index in [1.807, 2.05) is 24.3 Å². The molecule has 0 saturated carbocycles. The van der Waals surface area contributed by atoms with Crippen molar-refractivity contribution >= 4 is 54.5 Å². The molecule has 0 amide bonds. The van der Waals surface area contributed by atoms with Crippen LogP contribution in [0.1, 0.15) is 5.56 Å². The molecule has 1 N–H and O–H groups in total. The summed E-state index contributed by atoms with van der Waals surface area (Å²) in [7, 11) is 0. The van der Waals surface area contributed by atoms with Crippen LogP contribution in [0.25, 0.3) is 65.3 Å². The van der Waals surface area contributed by atoms with Gasteiger partial charge in [-0.2, -0.15) is 5.26 Å². The van der Waals surface area contributed by atoms with E-state index >= 15 is 0 Å². The summed E-state index contributed by atoms with van der Waals surface area (Å²) in [4.78, 5) is 0. The Morgan fingerprint density at radius 1 is 0.463 bits per heavy atom. The van der Waals surface area contributed by atoms with Crippen LogP contribution in [0, 0.1) is 11.3 Å². The fraction of sp³-hybridized carbons (Fsp3) is 0. The molecule has 0 radical (unpaired) electrons. The van der Waals surface area contributed by atoms with Crippen LogP contribution >= 0.6 is 0 Å². The normalized spacial score (nSPS) is 11.4. The van der Waals surface area contributed by atoms with Crippen LogP contribution in [0.15, 0.2) is 140 Å². The molecule has 8 aromatic rings. The van der Waals surface area contributed by atoms with Crippen molar-refractivity contribution < 1.29 is 0 Å². The number of fused-ring (bicyclic) bond motifs is 1. The first-order chi connectivity index (χ1) is 20.2. The van der Waals surface area contributed by atoms with Gasteiger partial charge in [-0.15, -0.1) is 0 Å². The monoisotopic (exact) mass is 520 g/mol. The standard InChI is InChI=1S/C39H24N2/c40-24-25-5-7-28(8-6-25)34-19-13-29-15-21-36-37(22-16-30-14-20-35(34)38(29)39(30)36)41-33-17-11-27(12-18-33)32-10-9-26-3-1-2-4-31(26)23-32/h1-23,41H. The molecule has 8 rings (SSSR count). The minimum atomic E-state index is 0.674. The van der Waals surface area contributed by atoms with Gasteiger partial charge in [0.2, 0.25) is 0 Å². The zero-order valence-electron chi connectivity index (χ0n) is 22.2. The molecular formula is C39H24N2. The van der Waals surface area contributed by atoms with Crippen LogP contribution in [0.4, 0.5) is 11.4 Å². The lowest BCUT2D eigenvalue weighted by Crippen LogP contribution is -1.94. The van der Waals surface area contributed by atoms with Gasteiger partial charge >= 0.3 is 0 Å². The summed E-state index contributed by atoms with van der Waals surface area (Å²) in [5.41, 5.74) is 7.54. The first-order valence-electron chi connectivity index (χ1n) is 13.8. The quantitative estimate of drug-likeness (QED) is 0.234. The van der Waals surface area contributed by atoms with E-state index in [1.54, 1.807) is 0 Å². The van der Waals surface area contributed by atoms with E-state index in [2.05, 4.69) is 127 Å². The highest BCUT2D eigenvalue weighted by molar-refractivity contribution is 6.27. The van der Waals surface area contributed by atoms with Crippen LogP contribution in [-0.4, -0.2) is 0 Å². The van der Waals surface area contributed by atoms with Gasteiger partial charge in [-0.3, -0.25) is 0 Å². The second-order valence-corrected chi connectivity index (χ2v) is 10.6. The van der Waals surface area contributed by atoms with Crippen molar-refractivity contribution in [3.8, 4) is 28.3 Å². The van der Waals surface area contributed by atoms with E-state index in [9.17, 15) is 5.26 Å². The molecule has 41 heavy (non-hydrogen) atoms. The van der Waals surface area contributed by atoms with Gasteiger partial charge in [-0.1, -0.05) is 103 Å². The number of benzene rings is 8. The molecule has 0 heterocycles. The average Bonchev–Trinajstić information content (AvgIpc) is 3.04. The fourth-order valence-electron chi connectivity index (χ4n) is 6.16. The summed E-state index contributed by atoms with van der Waals surface area (Å²) in [5.74, 6) is 0. The highest BCUT2D eigenvalue weighted by Crippen LogP contribution is 2.42. The molecule has 0 aliphatic rings. The largest absolute Gasteiger partial charge is 0.355 e. The maximum Gasteiger partial charge on any atom is 0.0991 e. The van der Waals surface area contributed by atoms with E-state index < -0.39 is 0 Å². The van der Waals surface area contributed by atoms with Gasteiger partial charge in [0.15, 0.2) is 0 Å². The van der Waals surface area contributed by atoms with Gasteiger partial charge in [-0.25, -0.2) is 0 Å². The molecule has 0 aliphatic carbocycles. The molecular weight excluding hydrogens is 496 g/mol. The Labute approximate surface area is 238 Å². The number of hydrogen-bond acceptors (Lipinski definition) is 2. The molecule has 0 spiro atoms. The Hall–Kier alpha value is -5.65. The summed E-state index contributed by atoms with van der Waals surface area (Å²) < 4.78 is 0. The lowest BCUT2D eigenvalue weighted by Gasteiger charge is -2.17. The minimum Gasteiger partial charge on any atom is -0.355 e. The zero-order chi connectivity index (χ0) is 27.3.